The van der Waals surface area contributed by atoms with Crippen molar-refractivity contribution >= 4 is 18.0 Å². The molecule has 2 saturated heterocycles. The maximum absolute atomic E-state index is 12.3. The van der Waals surface area contributed by atoms with Gasteiger partial charge in [0.15, 0.2) is 5.96 Å². The molecule has 0 aliphatic carbocycles. The van der Waals surface area contributed by atoms with Crippen LogP contribution >= 0.6 is 0 Å². The second kappa shape index (κ2) is 9.84. The number of aliphatic carboxylic acids is 1. The average molecular weight is 434 g/mol. The maximum Gasteiger partial charge on any atom is 0.413 e. The van der Waals surface area contributed by atoms with E-state index >= 15 is 0 Å². The third-order valence-electron chi connectivity index (χ3n) is 5.66. The zero-order valence-corrected chi connectivity index (χ0v) is 17.6. The molecule has 3 unspecified atom stereocenters. The van der Waals surface area contributed by atoms with Gasteiger partial charge in [0.2, 0.25) is 0 Å². The lowest BCUT2D eigenvalue weighted by Gasteiger charge is -2.35. The number of carboxylic acids is 1. The van der Waals surface area contributed by atoms with E-state index in [1.54, 1.807) is 29.2 Å². The lowest BCUT2D eigenvalue weighted by molar-refractivity contribution is -0.138. The van der Waals surface area contributed by atoms with E-state index in [-0.39, 0.29) is 18.4 Å². The molecule has 3 rings (SSSR count). The van der Waals surface area contributed by atoms with Crippen LogP contribution in [0.3, 0.4) is 0 Å². The number of ether oxygens (including phenoxy) is 2. The fourth-order valence-electron chi connectivity index (χ4n) is 3.64. The molecule has 3 atom stereocenters. The molecule has 2 aliphatic rings. The van der Waals surface area contributed by atoms with Gasteiger partial charge in [0, 0.05) is 39.3 Å². The van der Waals surface area contributed by atoms with Gasteiger partial charge in [-0.3, -0.25) is 20.0 Å². The third kappa shape index (κ3) is 5.76. The fraction of sp³-hybridized carbons (Fsp3) is 0.550. The normalized spacial score (nSPS) is 22.8. The molecule has 0 radical (unpaired) electrons. The molecule has 170 valence electrons. The summed E-state index contributed by atoms with van der Waals surface area (Å²) in [7, 11) is 0. The number of hydrogen-bond acceptors (Lipinski definition) is 7. The summed E-state index contributed by atoms with van der Waals surface area (Å²) in [6.07, 6.45) is -0.920. The van der Waals surface area contributed by atoms with Crippen molar-refractivity contribution in [2.45, 2.75) is 31.7 Å². The number of carbonyl (C=O) groups is 2. The Morgan fingerprint density at radius 3 is 2.48 bits per heavy atom. The lowest BCUT2D eigenvalue weighted by Crippen LogP contribution is -2.52. The summed E-state index contributed by atoms with van der Waals surface area (Å²) in [5.74, 6) is -0.429. The standard InChI is InChI=1S/C20H30N6O5/c1-13-18(30-15-4-2-14(3-5-15)12-16(21)17(27)28)31-20(29)26(13)11-8-24-6-9-25(10-7-24)19(22)23/h2-5,13,16,18H,6-12,21H2,1H3,(H3,22,23)(H,27,28). The topological polar surface area (TPSA) is 158 Å². The summed E-state index contributed by atoms with van der Waals surface area (Å²) in [5, 5.41) is 16.4. The number of guanidine groups is 1. The summed E-state index contributed by atoms with van der Waals surface area (Å²) < 4.78 is 11.2. The molecule has 11 nitrogen and oxygen atoms in total. The second-order valence-corrected chi connectivity index (χ2v) is 7.81. The van der Waals surface area contributed by atoms with Crippen molar-refractivity contribution in [2.75, 3.05) is 39.3 Å². The van der Waals surface area contributed by atoms with Crippen molar-refractivity contribution in [3.8, 4) is 5.75 Å². The maximum atomic E-state index is 12.3. The van der Waals surface area contributed by atoms with E-state index in [0.717, 1.165) is 18.7 Å². The molecule has 6 N–H and O–H groups in total. The molecule has 2 fully saturated rings. The molecule has 0 aromatic heterocycles. The molecule has 11 heteroatoms. The van der Waals surface area contributed by atoms with Crippen LogP contribution in [0.1, 0.15) is 12.5 Å². The van der Waals surface area contributed by atoms with E-state index in [4.69, 9.17) is 31.5 Å². The van der Waals surface area contributed by atoms with Crippen LogP contribution in [0.15, 0.2) is 24.3 Å². The number of rotatable bonds is 8. The summed E-state index contributed by atoms with van der Waals surface area (Å²) >= 11 is 0. The summed E-state index contributed by atoms with van der Waals surface area (Å²) in [5.41, 5.74) is 11.9. The Morgan fingerprint density at radius 2 is 1.90 bits per heavy atom. The van der Waals surface area contributed by atoms with Gasteiger partial charge in [-0.1, -0.05) is 12.1 Å². The first-order valence-electron chi connectivity index (χ1n) is 10.3. The van der Waals surface area contributed by atoms with Gasteiger partial charge in [-0.2, -0.15) is 0 Å². The van der Waals surface area contributed by atoms with Crippen molar-refractivity contribution in [1.29, 1.82) is 5.41 Å². The predicted octanol–water partition coefficient (Wildman–Crippen LogP) is -0.302. The van der Waals surface area contributed by atoms with E-state index < -0.39 is 24.4 Å². The average Bonchev–Trinajstić information content (AvgIpc) is 3.00. The smallest absolute Gasteiger partial charge is 0.413 e. The number of benzene rings is 1. The van der Waals surface area contributed by atoms with Crippen molar-refractivity contribution in [3.63, 3.8) is 0 Å². The van der Waals surface area contributed by atoms with Crippen molar-refractivity contribution in [3.05, 3.63) is 29.8 Å². The highest BCUT2D eigenvalue weighted by Gasteiger charge is 2.40. The van der Waals surface area contributed by atoms with Gasteiger partial charge in [0.25, 0.3) is 6.29 Å². The first-order chi connectivity index (χ1) is 14.7. The van der Waals surface area contributed by atoms with Gasteiger partial charge in [0.05, 0.1) is 0 Å². The summed E-state index contributed by atoms with van der Waals surface area (Å²) in [6.45, 7) is 6.08. The van der Waals surface area contributed by atoms with Crippen LogP contribution in [0, 0.1) is 5.41 Å². The number of nitrogens with zero attached hydrogens (tertiary/aromatic N) is 3. The first kappa shape index (κ1) is 22.6. The molecule has 2 heterocycles. The van der Waals surface area contributed by atoms with Crippen LogP contribution in [0.5, 0.6) is 5.75 Å². The predicted molar refractivity (Wildman–Crippen MR) is 113 cm³/mol. The molecular formula is C20H30N6O5. The van der Waals surface area contributed by atoms with Crippen molar-refractivity contribution in [2.24, 2.45) is 11.5 Å². The molecule has 2 aliphatic heterocycles. The number of nitrogens with two attached hydrogens (primary N) is 2. The molecule has 0 spiro atoms. The first-order valence-corrected chi connectivity index (χ1v) is 10.3. The minimum Gasteiger partial charge on any atom is -0.480 e. The molecule has 1 aromatic carbocycles. The molecule has 1 aromatic rings. The van der Waals surface area contributed by atoms with Gasteiger partial charge < -0.3 is 30.9 Å². The molecular weight excluding hydrogens is 404 g/mol. The Kier molecular flexibility index (Phi) is 7.18. The highest BCUT2D eigenvalue weighted by Crippen LogP contribution is 2.24. The van der Waals surface area contributed by atoms with Crippen molar-refractivity contribution < 1.29 is 24.2 Å². The molecule has 31 heavy (non-hydrogen) atoms. The van der Waals surface area contributed by atoms with Gasteiger partial charge in [-0.25, -0.2) is 4.79 Å². The van der Waals surface area contributed by atoms with E-state index in [1.807, 2.05) is 11.8 Å². The zero-order chi connectivity index (χ0) is 22.5. The highest BCUT2D eigenvalue weighted by molar-refractivity contribution is 5.74. The number of piperazine rings is 1. The quantitative estimate of drug-likeness (QED) is 0.318. The van der Waals surface area contributed by atoms with Gasteiger partial charge >= 0.3 is 12.1 Å². The Balaban J connectivity index is 1.48. The highest BCUT2D eigenvalue weighted by atomic mass is 16.7. The van der Waals surface area contributed by atoms with Gasteiger partial charge in [-0.15, -0.1) is 0 Å². The Morgan fingerprint density at radius 1 is 1.26 bits per heavy atom. The van der Waals surface area contributed by atoms with Crippen molar-refractivity contribution in [1.82, 2.24) is 14.7 Å². The summed E-state index contributed by atoms with van der Waals surface area (Å²) in [4.78, 5) is 28.9. The van der Waals surface area contributed by atoms with Crippen LogP contribution < -0.4 is 16.2 Å². The number of hydrogen-bond donors (Lipinski definition) is 4. The van der Waals surface area contributed by atoms with Gasteiger partial charge in [0.1, 0.15) is 17.8 Å². The fourth-order valence-corrected chi connectivity index (χ4v) is 3.64. The van der Waals surface area contributed by atoms with E-state index in [9.17, 15) is 9.59 Å². The molecule has 0 bridgehead atoms. The molecule has 0 saturated carbocycles. The number of carboxylic acid groups (broad SMARTS) is 1. The molecule has 1 amide bonds. The second-order valence-electron chi connectivity index (χ2n) is 7.81. The minimum absolute atomic E-state index is 0.0918. The van der Waals surface area contributed by atoms with E-state index in [1.165, 1.54) is 0 Å². The minimum atomic E-state index is -1.05. The number of nitrogens with one attached hydrogen (secondary N) is 1. The third-order valence-corrected chi connectivity index (χ3v) is 5.66. The largest absolute Gasteiger partial charge is 0.480 e. The van der Waals surface area contributed by atoms with Gasteiger partial charge in [-0.05, 0) is 31.0 Å². The number of cyclic esters (lactones) is 1. The van der Waals surface area contributed by atoms with E-state index in [2.05, 4.69) is 4.90 Å². The Labute approximate surface area is 181 Å². The lowest BCUT2D eigenvalue weighted by atomic mass is 10.1. The van der Waals surface area contributed by atoms with Crippen LogP contribution in [0.2, 0.25) is 0 Å². The Hall–Kier alpha value is -3.05. The zero-order valence-electron chi connectivity index (χ0n) is 17.6. The Bertz CT molecular complexity index is 796. The van der Waals surface area contributed by atoms with Crippen LogP contribution in [-0.4, -0.2) is 95.5 Å². The number of carbonyl (C=O) groups excluding carboxylic acids is 1. The number of amides is 1. The van der Waals surface area contributed by atoms with Crippen LogP contribution in [0.25, 0.3) is 0 Å². The van der Waals surface area contributed by atoms with Crippen LogP contribution in [-0.2, 0) is 16.0 Å². The summed E-state index contributed by atoms with van der Waals surface area (Å²) in [6, 6.07) is 5.70. The SMILES string of the molecule is CC1C(Oc2ccc(CC(N)C(=O)O)cc2)OC(=O)N1CCN1CCN(C(=N)N)CC1. The monoisotopic (exact) mass is 434 g/mol. The van der Waals surface area contributed by atoms with E-state index in [0.29, 0.717) is 31.9 Å². The van der Waals surface area contributed by atoms with Crippen LogP contribution in [0.4, 0.5) is 4.79 Å².